The quantitative estimate of drug-likeness (QED) is 0.0642. The number of anilines is 1. The fraction of sp³-hybridized carbons (Fsp3) is 0.238. The van der Waals surface area contributed by atoms with Crippen molar-refractivity contribution in [3.63, 3.8) is 0 Å². The van der Waals surface area contributed by atoms with Crippen LogP contribution in [0.5, 0.6) is 28.7 Å². The first-order valence-electron chi connectivity index (χ1n) is 17.6. The van der Waals surface area contributed by atoms with Gasteiger partial charge in [-0.1, -0.05) is 24.3 Å². The smallest absolute Gasteiger partial charge is 0.260 e. The van der Waals surface area contributed by atoms with E-state index in [1.165, 1.54) is 7.11 Å². The van der Waals surface area contributed by atoms with Crippen molar-refractivity contribution in [2.45, 2.75) is 38.3 Å². The van der Waals surface area contributed by atoms with Crippen molar-refractivity contribution in [1.82, 2.24) is 9.80 Å². The Balaban J connectivity index is 0.974. The number of ether oxygens (including phenoxy) is 4. The number of phenols is 1. The molecular formula is C42H41N5O7. The minimum atomic E-state index is -0.259. The number of benzene rings is 4. The largest absolute Gasteiger partial charge is 0.508 e. The fourth-order valence-electron chi connectivity index (χ4n) is 6.69. The standard InChI is InChI=1S/C42H41N5O7/c1-26-15-38(51-2)40(19-36(26)44-21-32-16-29(23-46(32)25-48)28-7-11-34(49)12-8-28)53-13-4-14-54-41-20-37-35(18-39(41)52-3)42(50)47-24-30(17-33(47)22-45-37)27-5-9-31(43)10-6-27/h5-12,15,18-25,32-33,49H,4,13-14,16-17,43H2,1-3H3/b44-21-. The molecule has 4 aromatic rings. The van der Waals surface area contributed by atoms with E-state index < -0.39 is 0 Å². The number of phenolic OH excluding ortho intramolecular Hbond substituents is 1. The molecule has 4 aromatic carbocycles. The van der Waals surface area contributed by atoms with Crippen molar-refractivity contribution in [2.75, 3.05) is 33.2 Å². The van der Waals surface area contributed by atoms with Gasteiger partial charge in [-0.25, -0.2) is 0 Å². The fourth-order valence-corrected chi connectivity index (χ4v) is 6.69. The highest BCUT2D eigenvalue weighted by Crippen LogP contribution is 2.40. The maximum atomic E-state index is 13.7. The van der Waals surface area contributed by atoms with E-state index in [9.17, 15) is 14.7 Å². The van der Waals surface area contributed by atoms with Crippen LogP contribution in [0.3, 0.4) is 0 Å². The molecule has 2 atom stereocenters. The molecule has 0 aromatic heterocycles. The molecular weight excluding hydrogens is 686 g/mol. The second-order valence-corrected chi connectivity index (χ2v) is 13.2. The van der Waals surface area contributed by atoms with Crippen molar-refractivity contribution in [1.29, 1.82) is 0 Å². The molecule has 0 radical (unpaired) electrons. The molecule has 2 unspecified atom stereocenters. The summed E-state index contributed by atoms with van der Waals surface area (Å²) >= 11 is 0. The minimum Gasteiger partial charge on any atom is -0.508 e. The summed E-state index contributed by atoms with van der Waals surface area (Å²) in [6, 6.07) is 21.2. The maximum Gasteiger partial charge on any atom is 0.260 e. The van der Waals surface area contributed by atoms with Crippen LogP contribution < -0.4 is 24.7 Å². The van der Waals surface area contributed by atoms with Crippen LogP contribution in [0.2, 0.25) is 0 Å². The first-order chi connectivity index (χ1) is 26.2. The number of nitrogens with two attached hydrogens (primary N) is 1. The molecule has 276 valence electrons. The molecule has 54 heavy (non-hydrogen) atoms. The lowest BCUT2D eigenvalue weighted by atomic mass is 10.0. The summed E-state index contributed by atoms with van der Waals surface area (Å²) in [6.07, 6.45) is 9.82. The zero-order chi connectivity index (χ0) is 37.8. The van der Waals surface area contributed by atoms with Gasteiger partial charge in [-0.15, -0.1) is 0 Å². The number of hydrogen-bond acceptors (Lipinski definition) is 10. The van der Waals surface area contributed by atoms with Crippen molar-refractivity contribution < 1.29 is 33.6 Å². The second-order valence-electron chi connectivity index (χ2n) is 13.2. The Kier molecular flexibility index (Phi) is 10.3. The molecule has 0 aliphatic carbocycles. The van der Waals surface area contributed by atoms with Gasteiger partial charge in [0.1, 0.15) is 5.75 Å². The van der Waals surface area contributed by atoms with Crippen LogP contribution >= 0.6 is 0 Å². The highest BCUT2D eigenvalue weighted by molar-refractivity contribution is 6.05. The normalized spacial score (nSPS) is 17.5. The van der Waals surface area contributed by atoms with Crippen LogP contribution in [0.1, 0.15) is 46.3 Å². The van der Waals surface area contributed by atoms with Crippen LogP contribution in [-0.2, 0) is 4.79 Å². The van der Waals surface area contributed by atoms with E-state index in [4.69, 9.17) is 29.7 Å². The summed E-state index contributed by atoms with van der Waals surface area (Å²) < 4.78 is 23.5. The molecule has 12 heteroatoms. The number of aromatic hydroxyl groups is 1. The Morgan fingerprint density at radius 2 is 1.52 bits per heavy atom. The minimum absolute atomic E-state index is 0.160. The zero-order valence-electron chi connectivity index (χ0n) is 30.3. The van der Waals surface area contributed by atoms with Gasteiger partial charge in [0.15, 0.2) is 23.0 Å². The van der Waals surface area contributed by atoms with E-state index >= 15 is 0 Å². The Morgan fingerprint density at radius 1 is 0.870 bits per heavy atom. The summed E-state index contributed by atoms with van der Waals surface area (Å²) in [4.78, 5) is 38.3. The molecule has 3 N–H and O–H groups in total. The molecule has 3 aliphatic rings. The number of carbonyl (C=O) groups is 2. The summed E-state index contributed by atoms with van der Waals surface area (Å²) in [7, 11) is 3.12. The number of aliphatic imine (C=N–C) groups is 2. The van der Waals surface area contributed by atoms with Crippen LogP contribution in [0.15, 0.2) is 95.2 Å². The highest BCUT2D eigenvalue weighted by Gasteiger charge is 2.33. The lowest BCUT2D eigenvalue weighted by molar-refractivity contribution is -0.116. The molecule has 3 aliphatic heterocycles. The summed E-state index contributed by atoms with van der Waals surface area (Å²) in [6.45, 7) is 2.57. The van der Waals surface area contributed by atoms with E-state index in [-0.39, 0.29) is 23.7 Å². The van der Waals surface area contributed by atoms with E-state index in [0.717, 1.165) is 34.2 Å². The maximum absolute atomic E-state index is 13.7. The van der Waals surface area contributed by atoms with Crippen LogP contribution in [0.4, 0.5) is 17.1 Å². The average Bonchev–Trinajstić information content (AvgIpc) is 3.78. The lowest BCUT2D eigenvalue weighted by Crippen LogP contribution is -2.32. The van der Waals surface area contributed by atoms with Gasteiger partial charge >= 0.3 is 0 Å². The third-order valence-corrected chi connectivity index (χ3v) is 9.64. The number of hydrogen-bond donors (Lipinski definition) is 2. The van der Waals surface area contributed by atoms with Crippen molar-refractivity contribution in [2.24, 2.45) is 9.98 Å². The monoisotopic (exact) mass is 727 g/mol. The van der Waals surface area contributed by atoms with E-state index in [0.29, 0.717) is 78.1 Å². The highest BCUT2D eigenvalue weighted by atomic mass is 16.5. The summed E-state index contributed by atoms with van der Waals surface area (Å²) in [5.74, 6) is 2.04. The van der Waals surface area contributed by atoms with Gasteiger partial charge in [0.2, 0.25) is 6.41 Å². The Bertz CT molecular complexity index is 2180. The average molecular weight is 728 g/mol. The molecule has 12 nitrogen and oxygen atoms in total. The molecule has 0 saturated carbocycles. The van der Waals surface area contributed by atoms with Gasteiger partial charge in [-0.2, -0.15) is 0 Å². The lowest BCUT2D eigenvalue weighted by Gasteiger charge is -2.19. The SMILES string of the molecule is COc1cc2c(cc1OCCCOc1cc(/N=C\C3CC(c4ccc(O)cc4)=CN3C=O)c(C)cc1OC)N=CC1CC(c3ccc(N)cc3)=CN1C2=O. The molecule has 2 amide bonds. The number of fused-ring (bicyclic) bond motifs is 2. The van der Waals surface area contributed by atoms with Gasteiger partial charge in [0.25, 0.3) is 5.91 Å². The number of rotatable bonds is 13. The molecule has 0 saturated heterocycles. The number of aryl methyl sites for hydroxylation is 1. The van der Waals surface area contributed by atoms with Crippen LogP contribution in [-0.4, -0.2) is 79.2 Å². The predicted molar refractivity (Wildman–Crippen MR) is 208 cm³/mol. The van der Waals surface area contributed by atoms with E-state index in [2.05, 4.69) is 4.99 Å². The second kappa shape index (κ2) is 15.6. The van der Waals surface area contributed by atoms with Crippen LogP contribution in [0, 0.1) is 6.92 Å². The van der Waals surface area contributed by atoms with Crippen molar-refractivity contribution in [3.05, 3.63) is 107 Å². The molecule has 3 heterocycles. The number of amides is 2. The summed E-state index contributed by atoms with van der Waals surface area (Å²) in [5, 5.41) is 9.65. The van der Waals surface area contributed by atoms with Crippen LogP contribution in [0.25, 0.3) is 11.1 Å². The molecule has 0 fully saturated rings. The number of carbonyl (C=O) groups excluding carboxylic acids is 2. The molecule has 0 spiro atoms. The Hall–Kier alpha value is -6.56. The van der Waals surface area contributed by atoms with Gasteiger partial charge in [-0.3, -0.25) is 19.6 Å². The third kappa shape index (κ3) is 7.49. The first kappa shape index (κ1) is 35.8. The van der Waals surface area contributed by atoms with Gasteiger partial charge < -0.3 is 39.6 Å². The topological polar surface area (TPSA) is 149 Å². The molecule has 0 bridgehead atoms. The summed E-state index contributed by atoms with van der Waals surface area (Å²) in [5.41, 5.74) is 13.0. The van der Waals surface area contributed by atoms with E-state index in [1.807, 2.05) is 61.7 Å². The first-order valence-corrected chi connectivity index (χ1v) is 17.6. The van der Waals surface area contributed by atoms with Gasteiger partial charge in [-0.05, 0) is 71.2 Å². The van der Waals surface area contributed by atoms with Gasteiger partial charge in [0.05, 0.1) is 56.5 Å². The number of methoxy groups -OCH3 is 2. The van der Waals surface area contributed by atoms with E-state index in [1.54, 1.807) is 59.8 Å². The predicted octanol–water partition coefficient (Wildman–Crippen LogP) is 7.09. The van der Waals surface area contributed by atoms with Gasteiger partial charge in [0, 0.05) is 61.9 Å². The number of nitrogen functional groups attached to an aromatic ring is 1. The Labute approximate surface area is 313 Å². The van der Waals surface area contributed by atoms with Crippen molar-refractivity contribution >= 4 is 53.0 Å². The van der Waals surface area contributed by atoms with Crippen molar-refractivity contribution in [3.8, 4) is 28.7 Å². The number of nitrogens with zero attached hydrogens (tertiary/aromatic N) is 4. The Morgan fingerprint density at radius 3 is 2.20 bits per heavy atom. The third-order valence-electron chi connectivity index (χ3n) is 9.64. The zero-order valence-corrected chi connectivity index (χ0v) is 30.3. The molecule has 7 rings (SSSR count).